The van der Waals surface area contributed by atoms with Gasteiger partial charge in [0.25, 0.3) is 0 Å². The third-order valence-electron chi connectivity index (χ3n) is 3.48. The van der Waals surface area contributed by atoms with Crippen molar-refractivity contribution in [2.24, 2.45) is 0 Å². The maximum atomic E-state index is 9.40. The van der Waals surface area contributed by atoms with Gasteiger partial charge in [0, 0.05) is 18.6 Å². The number of ether oxygens (including phenoxy) is 1. The highest BCUT2D eigenvalue weighted by Gasteiger charge is 2.22. The summed E-state index contributed by atoms with van der Waals surface area (Å²) in [6.07, 6.45) is 2.50. The van der Waals surface area contributed by atoms with E-state index in [1.807, 2.05) is 0 Å². The number of aliphatic hydroxyl groups excluding tert-OH is 1. The molecule has 1 saturated heterocycles. The van der Waals surface area contributed by atoms with Gasteiger partial charge in [0.2, 0.25) is 0 Å². The molecule has 102 valence electrons. The van der Waals surface area contributed by atoms with Crippen molar-refractivity contribution in [2.75, 3.05) is 39.4 Å². The van der Waals surface area contributed by atoms with Crippen LogP contribution in [0.4, 0.5) is 0 Å². The average Bonchev–Trinajstić information content (AvgIpc) is 2.29. The first-order chi connectivity index (χ1) is 8.09. The van der Waals surface area contributed by atoms with E-state index in [-0.39, 0.29) is 12.1 Å². The topological polar surface area (TPSA) is 44.7 Å². The Morgan fingerprint density at radius 1 is 1.53 bits per heavy atom. The van der Waals surface area contributed by atoms with E-state index in [2.05, 4.69) is 31.0 Å². The Balaban J connectivity index is 2.21. The van der Waals surface area contributed by atoms with Crippen LogP contribution in [0.15, 0.2) is 0 Å². The number of hydrogen-bond donors (Lipinski definition) is 2. The molecular weight excluding hydrogens is 216 g/mol. The van der Waals surface area contributed by atoms with Crippen LogP contribution in [0.25, 0.3) is 0 Å². The third-order valence-corrected chi connectivity index (χ3v) is 3.48. The van der Waals surface area contributed by atoms with Gasteiger partial charge in [-0.05, 0) is 39.8 Å². The van der Waals surface area contributed by atoms with Crippen molar-refractivity contribution in [3.8, 4) is 0 Å². The molecule has 1 rings (SSSR count). The van der Waals surface area contributed by atoms with Crippen molar-refractivity contribution in [2.45, 2.75) is 45.3 Å². The van der Waals surface area contributed by atoms with Crippen LogP contribution >= 0.6 is 0 Å². The highest BCUT2D eigenvalue weighted by atomic mass is 16.5. The molecule has 0 spiro atoms. The molecule has 0 amide bonds. The van der Waals surface area contributed by atoms with Gasteiger partial charge in [-0.2, -0.15) is 0 Å². The molecule has 0 aliphatic carbocycles. The SMILES string of the molecule is CCNC(C)(CO)CCCN1CCOC(C)C1. The number of morpholine rings is 1. The average molecular weight is 244 g/mol. The van der Waals surface area contributed by atoms with Gasteiger partial charge in [-0.3, -0.25) is 4.90 Å². The predicted octanol–water partition coefficient (Wildman–Crippen LogP) is 0.848. The highest BCUT2D eigenvalue weighted by molar-refractivity contribution is 4.82. The summed E-state index contributed by atoms with van der Waals surface area (Å²) < 4.78 is 5.52. The zero-order chi connectivity index (χ0) is 12.7. The summed E-state index contributed by atoms with van der Waals surface area (Å²) in [5.74, 6) is 0. The molecule has 4 heteroatoms. The van der Waals surface area contributed by atoms with Gasteiger partial charge in [0.05, 0.1) is 19.3 Å². The first-order valence-electron chi connectivity index (χ1n) is 6.79. The molecule has 2 N–H and O–H groups in total. The molecular formula is C13H28N2O2. The fourth-order valence-corrected chi connectivity index (χ4v) is 2.44. The summed E-state index contributed by atoms with van der Waals surface area (Å²) >= 11 is 0. The molecule has 4 nitrogen and oxygen atoms in total. The Morgan fingerprint density at radius 2 is 2.29 bits per heavy atom. The van der Waals surface area contributed by atoms with E-state index < -0.39 is 0 Å². The first kappa shape index (κ1) is 14.9. The normalized spacial score (nSPS) is 25.8. The minimum absolute atomic E-state index is 0.118. The first-order valence-corrected chi connectivity index (χ1v) is 6.79. The quantitative estimate of drug-likeness (QED) is 0.697. The fourth-order valence-electron chi connectivity index (χ4n) is 2.44. The van der Waals surface area contributed by atoms with E-state index in [9.17, 15) is 5.11 Å². The van der Waals surface area contributed by atoms with Crippen LogP contribution in [-0.4, -0.2) is 61.0 Å². The molecule has 0 bridgehead atoms. The van der Waals surface area contributed by atoms with Crippen LogP contribution in [0.5, 0.6) is 0 Å². The van der Waals surface area contributed by atoms with Gasteiger partial charge in [-0.1, -0.05) is 6.92 Å². The summed E-state index contributed by atoms with van der Waals surface area (Å²) in [6.45, 7) is 11.5. The molecule has 0 aromatic rings. The molecule has 0 aromatic heterocycles. The van der Waals surface area contributed by atoms with Crippen molar-refractivity contribution in [3.63, 3.8) is 0 Å². The van der Waals surface area contributed by atoms with Crippen LogP contribution < -0.4 is 5.32 Å². The number of nitrogens with one attached hydrogen (secondary N) is 1. The van der Waals surface area contributed by atoms with Crippen molar-refractivity contribution < 1.29 is 9.84 Å². The van der Waals surface area contributed by atoms with Crippen LogP contribution in [0.3, 0.4) is 0 Å². The molecule has 2 unspecified atom stereocenters. The summed E-state index contributed by atoms with van der Waals surface area (Å²) in [7, 11) is 0. The second kappa shape index (κ2) is 7.31. The Bertz CT molecular complexity index is 214. The van der Waals surface area contributed by atoms with Crippen LogP contribution in [-0.2, 0) is 4.74 Å². The van der Waals surface area contributed by atoms with E-state index in [1.165, 1.54) is 0 Å². The number of rotatable bonds is 7. The molecule has 2 atom stereocenters. The second-order valence-electron chi connectivity index (χ2n) is 5.33. The molecule has 1 fully saturated rings. The van der Waals surface area contributed by atoms with Crippen LogP contribution in [0.2, 0.25) is 0 Å². The summed E-state index contributed by atoms with van der Waals surface area (Å²) in [5, 5.41) is 12.8. The minimum Gasteiger partial charge on any atom is -0.394 e. The van der Waals surface area contributed by atoms with Gasteiger partial charge in [-0.25, -0.2) is 0 Å². The van der Waals surface area contributed by atoms with Gasteiger partial charge in [-0.15, -0.1) is 0 Å². The standard InChI is InChI=1S/C13H28N2O2/c1-4-14-13(3,11-16)6-5-7-15-8-9-17-12(2)10-15/h12,14,16H,4-11H2,1-3H3. The number of hydrogen-bond acceptors (Lipinski definition) is 4. The van der Waals surface area contributed by atoms with Gasteiger partial charge in [0.15, 0.2) is 0 Å². The van der Waals surface area contributed by atoms with Gasteiger partial charge in [0.1, 0.15) is 0 Å². The molecule has 0 saturated carbocycles. The third kappa shape index (κ3) is 5.34. The van der Waals surface area contributed by atoms with Crippen molar-refractivity contribution in [1.29, 1.82) is 0 Å². The number of aliphatic hydroxyl groups is 1. The molecule has 1 aliphatic rings. The lowest BCUT2D eigenvalue weighted by Gasteiger charge is -2.33. The van der Waals surface area contributed by atoms with Crippen molar-refractivity contribution >= 4 is 0 Å². The molecule has 17 heavy (non-hydrogen) atoms. The Kier molecular flexibility index (Phi) is 6.41. The van der Waals surface area contributed by atoms with E-state index >= 15 is 0 Å². The Morgan fingerprint density at radius 3 is 2.88 bits per heavy atom. The summed E-state index contributed by atoms with van der Waals surface area (Å²) in [5.41, 5.74) is -0.118. The van der Waals surface area contributed by atoms with Gasteiger partial charge >= 0.3 is 0 Å². The number of likely N-dealkylation sites (N-methyl/N-ethyl adjacent to an activating group) is 1. The lowest BCUT2D eigenvalue weighted by atomic mass is 9.96. The largest absolute Gasteiger partial charge is 0.394 e. The van der Waals surface area contributed by atoms with E-state index in [0.717, 1.165) is 45.6 Å². The van der Waals surface area contributed by atoms with E-state index in [4.69, 9.17) is 4.74 Å². The molecule has 0 radical (unpaired) electrons. The van der Waals surface area contributed by atoms with Crippen molar-refractivity contribution in [3.05, 3.63) is 0 Å². The molecule has 0 aromatic carbocycles. The maximum absolute atomic E-state index is 9.40. The Hall–Kier alpha value is -0.160. The van der Waals surface area contributed by atoms with Gasteiger partial charge < -0.3 is 15.2 Å². The zero-order valence-electron chi connectivity index (χ0n) is 11.5. The zero-order valence-corrected chi connectivity index (χ0v) is 11.5. The predicted molar refractivity (Wildman–Crippen MR) is 70.3 cm³/mol. The maximum Gasteiger partial charge on any atom is 0.0674 e. The smallest absolute Gasteiger partial charge is 0.0674 e. The Labute approximate surface area is 105 Å². The van der Waals surface area contributed by atoms with E-state index in [0.29, 0.717) is 6.10 Å². The fraction of sp³-hybridized carbons (Fsp3) is 1.00. The minimum atomic E-state index is -0.118. The lowest BCUT2D eigenvalue weighted by Crippen LogP contribution is -2.47. The summed E-state index contributed by atoms with van der Waals surface area (Å²) in [4.78, 5) is 2.46. The number of nitrogens with zero attached hydrogens (tertiary/aromatic N) is 1. The summed E-state index contributed by atoms with van der Waals surface area (Å²) in [6, 6.07) is 0. The van der Waals surface area contributed by atoms with Crippen LogP contribution in [0, 0.1) is 0 Å². The monoisotopic (exact) mass is 244 g/mol. The molecule has 1 heterocycles. The van der Waals surface area contributed by atoms with Crippen molar-refractivity contribution in [1.82, 2.24) is 10.2 Å². The van der Waals surface area contributed by atoms with Crippen LogP contribution in [0.1, 0.15) is 33.6 Å². The van der Waals surface area contributed by atoms with E-state index in [1.54, 1.807) is 0 Å². The second-order valence-corrected chi connectivity index (χ2v) is 5.33. The highest BCUT2D eigenvalue weighted by Crippen LogP contribution is 2.13. The lowest BCUT2D eigenvalue weighted by molar-refractivity contribution is -0.0193. The molecule has 1 aliphatic heterocycles.